The Morgan fingerprint density at radius 3 is 2.29 bits per heavy atom. The van der Waals surface area contributed by atoms with E-state index in [1.54, 1.807) is 42.6 Å². The van der Waals surface area contributed by atoms with E-state index in [1.807, 2.05) is 38.1 Å². The van der Waals surface area contributed by atoms with Crippen LogP contribution in [0.4, 0.5) is 5.69 Å². The molecular weight excluding hydrogens is 320 g/mol. The summed E-state index contributed by atoms with van der Waals surface area (Å²) < 4.78 is 27.9. The standard InChI is InChI=1S/C19H18N2O2S/c1-14-8-9-18(17(12-14)19-13-15(2)10-11-20-19)21-24(22,23)16-6-4-3-5-7-16/h3-13,21H,1-2H3. The number of rotatable bonds is 4. The lowest BCUT2D eigenvalue weighted by Gasteiger charge is -2.13. The quantitative estimate of drug-likeness (QED) is 0.777. The third-order valence-corrected chi connectivity index (χ3v) is 5.05. The normalized spacial score (nSPS) is 11.2. The Hall–Kier alpha value is -2.66. The lowest BCUT2D eigenvalue weighted by atomic mass is 10.0. The molecule has 0 atom stereocenters. The number of nitrogens with one attached hydrogen (secondary N) is 1. The minimum Gasteiger partial charge on any atom is -0.279 e. The van der Waals surface area contributed by atoms with Crippen molar-refractivity contribution >= 4 is 15.7 Å². The Bertz CT molecular complexity index is 968. The molecular formula is C19H18N2O2S. The average molecular weight is 338 g/mol. The zero-order valence-electron chi connectivity index (χ0n) is 13.5. The number of benzene rings is 2. The van der Waals surface area contributed by atoms with Crippen molar-refractivity contribution in [2.45, 2.75) is 18.7 Å². The van der Waals surface area contributed by atoms with Gasteiger partial charge in [-0.3, -0.25) is 9.71 Å². The summed E-state index contributed by atoms with van der Waals surface area (Å²) >= 11 is 0. The Labute approximate surface area is 142 Å². The molecule has 0 aliphatic heterocycles. The number of aryl methyl sites for hydroxylation is 2. The fourth-order valence-corrected chi connectivity index (χ4v) is 3.55. The van der Waals surface area contributed by atoms with Crippen molar-refractivity contribution in [3.8, 4) is 11.3 Å². The predicted molar refractivity (Wildman–Crippen MR) is 96.4 cm³/mol. The van der Waals surface area contributed by atoms with Crippen molar-refractivity contribution in [3.63, 3.8) is 0 Å². The molecule has 1 aromatic heterocycles. The van der Waals surface area contributed by atoms with E-state index in [-0.39, 0.29) is 4.90 Å². The summed E-state index contributed by atoms with van der Waals surface area (Å²) in [5.41, 5.74) is 4.12. The van der Waals surface area contributed by atoms with E-state index in [9.17, 15) is 8.42 Å². The molecule has 3 rings (SSSR count). The minimum atomic E-state index is -3.64. The van der Waals surface area contributed by atoms with E-state index in [0.717, 1.165) is 22.4 Å². The maximum Gasteiger partial charge on any atom is 0.261 e. The van der Waals surface area contributed by atoms with Gasteiger partial charge in [-0.05, 0) is 55.8 Å². The molecule has 24 heavy (non-hydrogen) atoms. The molecule has 0 spiro atoms. The van der Waals surface area contributed by atoms with E-state index in [4.69, 9.17) is 0 Å². The highest BCUT2D eigenvalue weighted by Gasteiger charge is 2.16. The van der Waals surface area contributed by atoms with Gasteiger partial charge in [0.25, 0.3) is 10.0 Å². The van der Waals surface area contributed by atoms with Gasteiger partial charge in [0.2, 0.25) is 0 Å². The molecule has 4 nitrogen and oxygen atoms in total. The summed E-state index contributed by atoms with van der Waals surface area (Å²) in [5.74, 6) is 0. The number of aromatic nitrogens is 1. The van der Waals surface area contributed by atoms with Crippen LogP contribution >= 0.6 is 0 Å². The van der Waals surface area contributed by atoms with Crippen LogP contribution in [0.15, 0.2) is 71.8 Å². The fourth-order valence-electron chi connectivity index (χ4n) is 2.45. The van der Waals surface area contributed by atoms with Gasteiger partial charge in [-0.2, -0.15) is 0 Å². The van der Waals surface area contributed by atoms with Crippen molar-refractivity contribution in [3.05, 3.63) is 78.0 Å². The monoisotopic (exact) mass is 338 g/mol. The SMILES string of the molecule is Cc1ccnc(-c2cc(C)ccc2NS(=O)(=O)c2ccccc2)c1. The second-order valence-electron chi connectivity index (χ2n) is 5.69. The maximum atomic E-state index is 12.6. The van der Waals surface area contributed by atoms with E-state index >= 15 is 0 Å². The number of hydrogen-bond donors (Lipinski definition) is 1. The minimum absolute atomic E-state index is 0.230. The predicted octanol–water partition coefficient (Wildman–Crippen LogP) is 4.17. The highest BCUT2D eigenvalue weighted by Crippen LogP contribution is 2.30. The van der Waals surface area contributed by atoms with Crippen LogP contribution in [0.3, 0.4) is 0 Å². The Morgan fingerprint density at radius 1 is 0.875 bits per heavy atom. The van der Waals surface area contributed by atoms with Gasteiger partial charge in [0, 0.05) is 11.8 Å². The molecule has 0 unspecified atom stereocenters. The molecule has 0 aliphatic carbocycles. The summed E-state index contributed by atoms with van der Waals surface area (Å²) in [4.78, 5) is 4.61. The first-order valence-electron chi connectivity index (χ1n) is 7.57. The highest BCUT2D eigenvalue weighted by molar-refractivity contribution is 7.92. The molecule has 0 saturated heterocycles. The van der Waals surface area contributed by atoms with Crippen molar-refractivity contribution in [2.75, 3.05) is 4.72 Å². The lowest BCUT2D eigenvalue weighted by molar-refractivity contribution is 0.601. The van der Waals surface area contributed by atoms with E-state index < -0.39 is 10.0 Å². The first kappa shape index (κ1) is 16.2. The van der Waals surface area contributed by atoms with Crippen LogP contribution in [-0.4, -0.2) is 13.4 Å². The lowest BCUT2D eigenvalue weighted by Crippen LogP contribution is -2.13. The van der Waals surface area contributed by atoms with Crippen molar-refractivity contribution in [1.29, 1.82) is 0 Å². The molecule has 5 heteroatoms. The third kappa shape index (κ3) is 3.46. The van der Waals surface area contributed by atoms with E-state index in [0.29, 0.717) is 5.69 Å². The van der Waals surface area contributed by atoms with E-state index in [2.05, 4.69) is 9.71 Å². The molecule has 0 amide bonds. The number of anilines is 1. The molecule has 1 N–H and O–H groups in total. The molecule has 122 valence electrons. The molecule has 2 aromatic carbocycles. The zero-order valence-corrected chi connectivity index (χ0v) is 14.3. The van der Waals surface area contributed by atoms with Crippen molar-refractivity contribution in [1.82, 2.24) is 4.98 Å². The number of sulfonamides is 1. The Kier molecular flexibility index (Phi) is 4.36. The van der Waals surface area contributed by atoms with Gasteiger partial charge in [0.05, 0.1) is 16.3 Å². The molecule has 0 radical (unpaired) electrons. The summed E-state index contributed by atoms with van der Waals surface area (Å²) in [6, 6.07) is 17.8. The topological polar surface area (TPSA) is 59.1 Å². The van der Waals surface area contributed by atoms with Crippen LogP contribution in [0.5, 0.6) is 0 Å². The first-order chi connectivity index (χ1) is 11.5. The van der Waals surface area contributed by atoms with Crippen LogP contribution in [0, 0.1) is 13.8 Å². The Balaban J connectivity index is 2.06. The molecule has 0 bridgehead atoms. The summed E-state index contributed by atoms with van der Waals surface area (Å²) in [6.07, 6.45) is 1.72. The second kappa shape index (κ2) is 6.45. The van der Waals surface area contributed by atoms with Crippen LogP contribution < -0.4 is 4.72 Å². The van der Waals surface area contributed by atoms with Gasteiger partial charge in [-0.15, -0.1) is 0 Å². The molecule has 0 saturated carbocycles. The van der Waals surface area contributed by atoms with Crippen molar-refractivity contribution in [2.24, 2.45) is 0 Å². The largest absolute Gasteiger partial charge is 0.279 e. The molecule has 0 fully saturated rings. The average Bonchev–Trinajstić information content (AvgIpc) is 2.57. The first-order valence-corrected chi connectivity index (χ1v) is 9.05. The maximum absolute atomic E-state index is 12.6. The highest BCUT2D eigenvalue weighted by atomic mass is 32.2. The smallest absolute Gasteiger partial charge is 0.261 e. The van der Waals surface area contributed by atoms with Gasteiger partial charge in [-0.1, -0.05) is 29.8 Å². The Morgan fingerprint density at radius 2 is 1.58 bits per heavy atom. The van der Waals surface area contributed by atoms with Gasteiger partial charge < -0.3 is 0 Å². The van der Waals surface area contributed by atoms with E-state index in [1.165, 1.54) is 0 Å². The molecule has 3 aromatic rings. The third-order valence-electron chi connectivity index (χ3n) is 3.66. The fraction of sp³-hybridized carbons (Fsp3) is 0.105. The van der Waals surface area contributed by atoms with Gasteiger partial charge in [0.15, 0.2) is 0 Å². The van der Waals surface area contributed by atoms with Crippen LogP contribution in [0.25, 0.3) is 11.3 Å². The van der Waals surface area contributed by atoms with Gasteiger partial charge in [-0.25, -0.2) is 8.42 Å². The van der Waals surface area contributed by atoms with Crippen LogP contribution in [-0.2, 0) is 10.0 Å². The van der Waals surface area contributed by atoms with Crippen LogP contribution in [0.2, 0.25) is 0 Å². The second-order valence-corrected chi connectivity index (χ2v) is 7.37. The zero-order chi connectivity index (χ0) is 17.2. The number of hydrogen-bond acceptors (Lipinski definition) is 3. The summed E-state index contributed by atoms with van der Waals surface area (Å²) in [5, 5.41) is 0. The molecule has 1 heterocycles. The van der Waals surface area contributed by atoms with Crippen molar-refractivity contribution < 1.29 is 8.42 Å². The van der Waals surface area contributed by atoms with Gasteiger partial charge >= 0.3 is 0 Å². The summed E-state index contributed by atoms with van der Waals surface area (Å²) in [7, 11) is -3.64. The van der Waals surface area contributed by atoms with Gasteiger partial charge in [0.1, 0.15) is 0 Å². The summed E-state index contributed by atoms with van der Waals surface area (Å²) in [6.45, 7) is 3.95. The number of nitrogens with zero attached hydrogens (tertiary/aromatic N) is 1. The number of pyridine rings is 1. The molecule has 0 aliphatic rings. The van der Waals surface area contributed by atoms with Crippen LogP contribution in [0.1, 0.15) is 11.1 Å².